The van der Waals surface area contributed by atoms with Crippen molar-refractivity contribution in [3.63, 3.8) is 0 Å². The molecule has 0 aliphatic rings. The molecule has 0 spiro atoms. The number of rotatable bonds is 3. The summed E-state index contributed by atoms with van der Waals surface area (Å²) in [7, 11) is -5.01. The topological polar surface area (TPSA) is 76.4 Å². The predicted molar refractivity (Wildman–Crippen MR) is 43.3 cm³/mol. The highest BCUT2D eigenvalue weighted by atomic mass is 32.3. The van der Waals surface area contributed by atoms with Crippen LogP contribution in [-0.4, -0.2) is 8.42 Å². The number of nitriles is 1. The zero-order valence-electron chi connectivity index (χ0n) is 6.68. The molecular formula is C7H4FNO4S. The standard InChI is InChI=1S/C7H4FNO4S/c8-14(10,11)13-7-3-1-6(2-4-7)12-5-9/h1-4H. The third kappa shape index (κ3) is 3.28. The lowest BCUT2D eigenvalue weighted by atomic mass is 10.3. The molecule has 7 heteroatoms. The monoisotopic (exact) mass is 217 g/mol. The van der Waals surface area contributed by atoms with Crippen molar-refractivity contribution in [2.24, 2.45) is 0 Å². The van der Waals surface area contributed by atoms with Crippen LogP contribution < -0.4 is 8.92 Å². The minimum atomic E-state index is -5.01. The van der Waals surface area contributed by atoms with Crippen LogP contribution in [0.4, 0.5) is 3.89 Å². The Hall–Kier alpha value is -1.81. The van der Waals surface area contributed by atoms with Gasteiger partial charge in [0.25, 0.3) is 6.26 Å². The second-order valence-electron chi connectivity index (χ2n) is 2.14. The van der Waals surface area contributed by atoms with Crippen LogP contribution in [0.2, 0.25) is 0 Å². The molecule has 0 heterocycles. The molecule has 1 rings (SSSR count). The number of nitrogens with zero attached hydrogens (tertiary/aromatic N) is 1. The maximum Gasteiger partial charge on any atom is 0.488 e. The van der Waals surface area contributed by atoms with Crippen LogP contribution in [0.15, 0.2) is 24.3 Å². The smallest absolute Gasteiger partial charge is 0.388 e. The molecule has 0 N–H and O–H groups in total. The average Bonchev–Trinajstić information content (AvgIpc) is 2.06. The van der Waals surface area contributed by atoms with Gasteiger partial charge in [0.05, 0.1) is 0 Å². The van der Waals surface area contributed by atoms with Gasteiger partial charge in [-0.05, 0) is 24.3 Å². The fourth-order valence-corrected chi connectivity index (χ4v) is 1.07. The van der Waals surface area contributed by atoms with E-state index in [4.69, 9.17) is 5.26 Å². The van der Waals surface area contributed by atoms with Gasteiger partial charge in [0.2, 0.25) is 0 Å². The van der Waals surface area contributed by atoms with Crippen molar-refractivity contribution in [2.45, 2.75) is 0 Å². The molecule has 0 aliphatic carbocycles. The zero-order valence-corrected chi connectivity index (χ0v) is 7.49. The SMILES string of the molecule is N#COc1ccc(OS(=O)(=O)F)cc1. The first-order valence-electron chi connectivity index (χ1n) is 3.31. The zero-order chi connectivity index (χ0) is 10.6. The van der Waals surface area contributed by atoms with Crippen LogP contribution in [0, 0.1) is 11.5 Å². The summed E-state index contributed by atoms with van der Waals surface area (Å²) in [5.41, 5.74) is 0. The molecule has 0 saturated heterocycles. The van der Waals surface area contributed by atoms with E-state index in [1.165, 1.54) is 18.4 Å². The highest BCUT2D eigenvalue weighted by Gasteiger charge is 2.08. The van der Waals surface area contributed by atoms with Crippen molar-refractivity contribution in [3.8, 4) is 17.8 Å². The molecule has 0 aromatic heterocycles. The van der Waals surface area contributed by atoms with E-state index in [2.05, 4.69) is 8.92 Å². The molecule has 1 aromatic rings. The van der Waals surface area contributed by atoms with E-state index in [1.807, 2.05) is 0 Å². The number of hydrogen-bond donors (Lipinski definition) is 0. The van der Waals surface area contributed by atoms with E-state index in [0.717, 1.165) is 12.1 Å². The summed E-state index contributed by atoms with van der Waals surface area (Å²) in [6, 6.07) is 4.85. The lowest BCUT2D eigenvalue weighted by Crippen LogP contribution is -2.00. The van der Waals surface area contributed by atoms with Crippen LogP contribution in [-0.2, 0) is 10.5 Å². The first kappa shape index (κ1) is 10.3. The Labute approximate surface area is 79.7 Å². The molecule has 0 aliphatic heterocycles. The van der Waals surface area contributed by atoms with E-state index in [-0.39, 0.29) is 11.5 Å². The Kier molecular flexibility index (Phi) is 2.89. The second-order valence-corrected chi connectivity index (χ2v) is 3.09. The van der Waals surface area contributed by atoms with E-state index in [1.54, 1.807) is 0 Å². The lowest BCUT2D eigenvalue weighted by Gasteiger charge is -1.99. The van der Waals surface area contributed by atoms with Gasteiger partial charge in [-0.15, -0.1) is 5.26 Å². The summed E-state index contributed by atoms with van der Waals surface area (Å²) in [5, 5.41) is 8.12. The molecule has 1 aromatic carbocycles. The molecule has 0 radical (unpaired) electrons. The third-order valence-corrected chi connectivity index (χ3v) is 1.57. The van der Waals surface area contributed by atoms with Crippen molar-refractivity contribution in [2.75, 3.05) is 0 Å². The summed E-state index contributed by atoms with van der Waals surface area (Å²) in [5.74, 6) is 0.00824. The van der Waals surface area contributed by atoms with E-state index in [0.29, 0.717) is 0 Å². The molecule has 0 saturated carbocycles. The second kappa shape index (κ2) is 3.93. The Bertz CT molecular complexity index is 448. The van der Waals surface area contributed by atoms with Gasteiger partial charge >= 0.3 is 10.5 Å². The fraction of sp³-hybridized carbons (Fsp3) is 0. The van der Waals surface area contributed by atoms with E-state index >= 15 is 0 Å². The van der Waals surface area contributed by atoms with Gasteiger partial charge in [0.15, 0.2) is 0 Å². The Balaban J connectivity index is 2.80. The van der Waals surface area contributed by atoms with Gasteiger partial charge in [0, 0.05) is 0 Å². The number of benzene rings is 1. The third-order valence-electron chi connectivity index (χ3n) is 1.18. The minimum absolute atomic E-state index is 0.196. The van der Waals surface area contributed by atoms with Crippen LogP contribution in [0.5, 0.6) is 11.5 Å². The Morgan fingerprint density at radius 2 is 1.71 bits per heavy atom. The van der Waals surface area contributed by atoms with Gasteiger partial charge in [-0.3, -0.25) is 0 Å². The lowest BCUT2D eigenvalue weighted by molar-refractivity contribution is 0.439. The van der Waals surface area contributed by atoms with Crippen molar-refractivity contribution in [1.82, 2.24) is 0 Å². The summed E-state index contributed by atoms with van der Waals surface area (Å²) < 4.78 is 40.4. The Morgan fingerprint density at radius 1 is 1.21 bits per heavy atom. The fourth-order valence-electron chi connectivity index (χ4n) is 0.731. The first-order chi connectivity index (χ1) is 6.51. The highest BCUT2D eigenvalue weighted by Crippen LogP contribution is 2.18. The normalized spacial score (nSPS) is 10.3. The van der Waals surface area contributed by atoms with Crippen molar-refractivity contribution in [1.29, 1.82) is 5.26 Å². The molecule has 74 valence electrons. The van der Waals surface area contributed by atoms with Crippen LogP contribution in [0.25, 0.3) is 0 Å². The summed E-state index contributed by atoms with van der Waals surface area (Å²) in [6.07, 6.45) is 1.42. The summed E-state index contributed by atoms with van der Waals surface area (Å²) >= 11 is 0. The molecular weight excluding hydrogens is 213 g/mol. The van der Waals surface area contributed by atoms with Crippen molar-refractivity contribution >= 4 is 10.5 Å². The number of ether oxygens (including phenoxy) is 1. The van der Waals surface area contributed by atoms with Crippen LogP contribution >= 0.6 is 0 Å². The molecule has 0 bridgehead atoms. The van der Waals surface area contributed by atoms with E-state index in [9.17, 15) is 12.3 Å². The molecule has 0 amide bonds. The molecule has 14 heavy (non-hydrogen) atoms. The molecule has 0 atom stereocenters. The Morgan fingerprint density at radius 3 is 2.14 bits per heavy atom. The maximum absolute atomic E-state index is 12.0. The van der Waals surface area contributed by atoms with E-state index < -0.39 is 10.5 Å². The molecule has 0 fully saturated rings. The van der Waals surface area contributed by atoms with Gasteiger partial charge in [-0.1, -0.05) is 3.89 Å². The predicted octanol–water partition coefficient (Wildman–Crippen LogP) is 1.14. The highest BCUT2D eigenvalue weighted by molar-refractivity contribution is 7.81. The number of halogens is 1. The molecule has 0 unspecified atom stereocenters. The first-order valence-corrected chi connectivity index (χ1v) is 4.62. The maximum atomic E-state index is 12.0. The molecule has 5 nitrogen and oxygen atoms in total. The largest absolute Gasteiger partial charge is 0.488 e. The average molecular weight is 217 g/mol. The van der Waals surface area contributed by atoms with Crippen LogP contribution in [0.1, 0.15) is 0 Å². The van der Waals surface area contributed by atoms with Gasteiger partial charge in [-0.25, -0.2) is 0 Å². The summed E-state index contributed by atoms with van der Waals surface area (Å²) in [4.78, 5) is 0. The van der Waals surface area contributed by atoms with Gasteiger partial charge < -0.3 is 8.92 Å². The van der Waals surface area contributed by atoms with Gasteiger partial charge in [-0.2, -0.15) is 8.42 Å². The van der Waals surface area contributed by atoms with Gasteiger partial charge in [0.1, 0.15) is 11.5 Å². The summed E-state index contributed by atoms with van der Waals surface area (Å²) in [6.45, 7) is 0. The minimum Gasteiger partial charge on any atom is -0.388 e. The van der Waals surface area contributed by atoms with Crippen LogP contribution in [0.3, 0.4) is 0 Å². The quantitative estimate of drug-likeness (QED) is 0.560. The number of hydrogen-bond acceptors (Lipinski definition) is 5. The van der Waals surface area contributed by atoms with Crippen molar-refractivity contribution < 1.29 is 21.2 Å². The van der Waals surface area contributed by atoms with Crippen molar-refractivity contribution in [3.05, 3.63) is 24.3 Å².